The molecule has 1 aliphatic heterocycles. The van der Waals surface area contributed by atoms with Crippen LogP contribution in [0.15, 0.2) is 30.3 Å². The van der Waals surface area contributed by atoms with Crippen molar-refractivity contribution in [2.24, 2.45) is 11.1 Å². The van der Waals surface area contributed by atoms with Crippen molar-refractivity contribution in [1.82, 2.24) is 9.55 Å². The highest BCUT2D eigenvalue weighted by molar-refractivity contribution is 7.92. The molecule has 1 amide bonds. The number of alkyl halides is 2. The summed E-state index contributed by atoms with van der Waals surface area (Å²) in [5.74, 6) is -3.04. The van der Waals surface area contributed by atoms with Gasteiger partial charge in [0.25, 0.3) is 5.91 Å². The average molecular weight is 602 g/mol. The Morgan fingerprint density at radius 2 is 1.79 bits per heavy atom. The number of nitrogens with two attached hydrogens (primary N) is 1. The number of hydrogen-bond acceptors (Lipinski definition) is 6. The number of aromatic nitrogens is 2. The highest BCUT2D eigenvalue weighted by atomic mass is 32.2. The molecule has 2 aromatic carbocycles. The van der Waals surface area contributed by atoms with Crippen molar-refractivity contribution >= 4 is 38.3 Å². The number of anilines is 2. The number of piperidine rings is 1. The summed E-state index contributed by atoms with van der Waals surface area (Å²) in [5.41, 5.74) is 10.0. The molecule has 1 aromatic heterocycles. The van der Waals surface area contributed by atoms with E-state index in [-0.39, 0.29) is 24.6 Å². The van der Waals surface area contributed by atoms with E-state index in [1.807, 2.05) is 29.7 Å². The van der Waals surface area contributed by atoms with Crippen LogP contribution < -0.4 is 15.4 Å². The second-order valence-electron chi connectivity index (χ2n) is 12.2. The minimum atomic E-state index is -3.90. The van der Waals surface area contributed by atoms with Gasteiger partial charge in [0, 0.05) is 37.5 Å². The maximum absolute atomic E-state index is 14.0. The first-order valence-electron chi connectivity index (χ1n) is 14.6. The summed E-state index contributed by atoms with van der Waals surface area (Å²) in [5, 5.41) is 9.36. The lowest BCUT2D eigenvalue weighted by atomic mass is 9.90. The number of sulfonamides is 1. The number of nitrogens with one attached hydrogen (secondary N) is 1. The third-order valence-corrected chi connectivity index (χ3v) is 10.6. The lowest BCUT2D eigenvalue weighted by Crippen LogP contribution is -2.36. The van der Waals surface area contributed by atoms with Gasteiger partial charge in [0.1, 0.15) is 5.82 Å². The molecule has 2 saturated carbocycles. The van der Waals surface area contributed by atoms with E-state index in [9.17, 15) is 27.1 Å². The summed E-state index contributed by atoms with van der Waals surface area (Å²) in [6, 6.07) is 8.54. The Labute approximate surface area is 244 Å². The van der Waals surface area contributed by atoms with Gasteiger partial charge in [-0.2, -0.15) is 0 Å². The average Bonchev–Trinajstić information content (AvgIpc) is 3.60. The molecule has 1 saturated heterocycles. The van der Waals surface area contributed by atoms with Crippen LogP contribution in [-0.4, -0.2) is 60.4 Å². The molecule has 0 radical (unpaired) electrons. The Balaban J connectivity index is 1.52. The number of amides is 1. The molecule has 42 heavy (non-hydrogen) atoms. The monoisotopic (exact) mass is 601 g/mol. The maximum Gasteiger partial charge on any atom is 0.250 e. The minimum absolute atomic E-state index is 0.138. The first kappa shape index (κ1) is 28.9. The van der Waals surface area contributed by atoms with Gasteiger partial charge in [-0.1, -0.05) is 6.07 Å². The molecule has 4 N–H and O–H groups in total. The summed E-state index contributed by atoms with van der Waals surface area (Å²) in [7, 11) is -3.90. The van der Waals surface area contributed by atoms with Gasteiger partial charge in [-0.25, -0.2) is 22.2 Å². The van der Waals surface area contributed by atoms with Crippen molar-refractivity contribution in [2.45, 2.75) is 70.3 Å². The van der Waals surface area contributed by atoms with Gasteiger partial charge in [-0.15, -0.1) is 0 Å². The molecule has 2 heterocycles. The standard InChI is InChI=1S/C30H37F2N5O4S/c1-19-34-23-4-2-20(18-25(23)37(19)21-6-8-30(31,32)9-7-21)26-24(35-42(40,41)17-16-38)5-3-22(28(33)39)27(26)36-14-12-29(10-11-29)13-15-36/h2-5,18,21,35,38H,6-17H2,1H3,(H2,33,39). The van der Waals surface area contributed by atoms with E-state index < -0.39 is 34.2 Å². The van der Waals surface area contributed by atoms with Crippen molar-refractivity contribution in [2.75, 3.05) is 35.1 Å². The molecule has 3 aliphatic rings. The predicted octanol–water partition coefficient (Wildman–Crippen LogP) is 4.98. The Morgan fingerprint density at radius 1 is 1.10 bits per heavy atom. The van der Waals surface area contributed by atoms with Crippen molar-refractivity contribution in [3.05, 3.63) is 41.7 Å². The number of rotatable bonds is 8. The van der Waals surface area contributed by atoms with Gasteiger partial charge < -0.3 is 20.3 Å². The number of imidazole rings is 1. The van der Waals surface area contributed by atoms with Crippen LogP contribution in [-0.2, 0) is 10.0 Å². The molecule has 0 bridgehead atoms. The summed E-state index contributed by atoms with van der Waals surface area (Å²) in [6.07, 6.45) is 4.63. The molecular weight excluding hydrogens is 564 g/mol. The molecule has 3 aromatic rings. The van der Waals surface area contributed by atoms with Crippen LogP contribution in [0.25, 0.3) is 22.2 Å². The number of halogens is 2. The second-order valence-corrected chi connectivity index (χ2v) is 14.0. The third kappa shape index (κ3) is 5.46. The van der Waals surface area contributed by atoms with E-state index in [1.54, 1.807) is 6.07 Å². The molecule has 2 aliphatic carbocycles. The van der Waals surface area contributed by atoms with Crippen LogP contribution in [0.4, 0.5) is 20.2 Å². The number of hydrogen-bond donors (Lipinski definition) is 3. The topological polar surface area (TPSA) is 131 Å². The first-order valence-corrected chi connectivity index (χ1v) is 16.3. The molecule has 0 atom stereocenters. The van der Waals surface area contributed by atoms with E-state index in [1.165, 1.54) is 18.9 Å². The summed E-state index contributed by atoms with van der Waals surface area (Å²) < 4.78 is 58.3. The Hall–Kier alpha value is -3.25. The Morgan fingerprint density at radius 3 is 2.40 bits per heavy atom. The van der Waals surface area contributed by atoms with Crippen LogP contribution in [0.1, 0.15) is 73.6 Å². The fraction of sp³-hybridized carbons (Fsp3) is 0.533. The number of aliphatic hydroxyl groups excluding tert-OH is 1. The van der Waals surface area contributed by atoms with Crippen LogP contribution in [0.2, 0.25) is 0 Å². The van der Waals surface area contributed by atoms with E-state index >= 15 is 0 Å². The molecular formula is C30H37F2N5O4S. The molecule has 12 heteroatoms. The van der Waals surface area contributed by atoms with Crippen molar-refractivity contribution in [3.8, 4) is 11.1 Å². The smallest absolute Gasteiger partial charge is 0.250 e. The van der Waals surface area contributed by atoms with Gasteiger partial charge in [0.2, 0.25) is 15.9 Å². The van der Waals surface area contributed by atoms with Crippen molar-refractivity contribution < 1.29 is 27.1 Å². The molecule has 226 valence electrons. The number of aryl methyl sites for hydroxylation is 1. The SMILES string of the molecule is Cc1nc2ccc(-c3c(NS(=O)(=O)CCO)ccc(C(N)=O)c3N3CCC4(CC3)CC4)cc2n1C1CCC(F)(F)CC1. The molecule has 3 fully saturated rings. The molecule has 0 unspecified atom stereocenters. The fourth-order valence-corrected chi connectivity index (χ4v) is 7.68. The first-order chi connectivity index (χ1) is 19.9. The van der Waals surface area contributed by atoms with Gasteiger partial charge in [-0.3, -0.25) is 9.52 Å². The normalized spacial score (nSPS) is 20.2. The van der Waals surface area contributed by atoms with Crippen LogP contribution in [0, 0.1) is 12.3 Å². The summed E-state index contributed by atoms with van der Waals surface area (Å²) >= 11 is 0. The van der Waals surface area contributed by atoms with Gasteiger partial charge in [0.05, 0.1) is 40.3 Å². The highest BCUT2D eigenvalue weighted by Crippen LogP contribution is 2.55. The lowest BCUT2D eigenvalue weighted by Gasteiger charge is -2.36. The lowest BCUT2D eigenvalue weighted by molar-refractivity contribution is -0.0437. The zero-order valence-electron chi connectivity index (χ0n) is 23.7. The quantitative estimate of drug-likeness (QED) is 0.334. The van der Waals surface area contributed by atoms with E-state index in [2.05, 4.69) is 9.62 Å². The number of carbonyl (C=O) groups is 1. The van der Waals surface area contributed by atoms with E-state index in [0.29, 0.717) is 59.2 Å². The summed E-state index contributed by atoms with van der Waals surface area (Å²) in [4.78, 5) is 19.6. The number of nitrogens with zero attached hydrogens (tertiary/aromatic N) is 3. The number of fused-ring (bicyclic) bond motifs is 1. The maximum atomic E-state index is 14.0. The van der Waals surface area contributed by atoms with Crippen molar-refractivity contribution in [3.63, 3.8) is 0 Å². The second kappa shape index (κ2) is 10.5. The van der Waals surface area contributed by atoms with Gasteiger partial charge >= 0.3 is 0 Å². The number of primary amides is 1. The van der Waals surface area contributed by atoms with E-state index in [4.69, 9.17) is 10.7 Å². The van der Waals surface area contributed by atoms with Crippen LogP contribution in [0.3, 0.4) is 0 Å². The third-order valence-electron chi connectivity index (χ3n) is 9.37. The van der Waals surface area contributed by atoms with Gasteiger partial charge in [0.15, 0.2) is 0 Å². The number of carbonyl (C=O) groups excluding carboxylic acids is 1. The van der Waals surface area contributed by atoms with Crippen LogP contribution >= 0.6 is 0 Å². The number of benzene rings is 2. The van der Waals surface area contributed by atoms with Crippen LogP contribution in [0.5, 0.6) is 0 Å². The summed E-state index contributed by atoms with van der Waals surface area (Å²) in [6.45, 7) is 2.73. The highest BCUT2D eigenvalue weighted by Gasteiger charge is 2.45. The largest absolute Gasteiger partial charge is 0.395 e. The predicted molar refractivity (Wildman–Crippen MR) is 158 cm³/mol. The molecule has 6 rings (SSSR count). The zero-order chi connectivity index (χ0) is 29.9. The van der Waals surface area contributed by atoms with E-state index in [0.717, 1.165) is 24.2 Å². The van der Waals surface area contributed by atoms with Crippen molar-refractivity contribution in [1.29, 1.82) is 0 Å². The molecule has 1 spiro atoms. The minimum Gasteiger partial charge on any atom is -0.395 e. The zero-order valence-corrected chi connectivity index (χ0v) is 24.5. The molecule has 9 nitrogen and oxygen atoms in total. The Kier molecular flexibility index (Phi) is 7.20. The number of aliphatic hydroxyl groups is 1. The van der Waals surface area contributed by atoms with Gasteiger partial charge in [-0.05, 0) is 80.7 Å². The Bertz CT molecular complexity index is 1630. The fourth-order valence-electron chi connectivity index (χ4n) is 6.83.